The molecule has 1 saturated carbocycles. The molecule has 0 amide bonds. The highest BCUT2D eigenvalue weighted by molar-refractivity contribution is 5.86. The van der Waals surface area contributed by atoms with Crippen molar-refractivity contribution in [2.75, 3.05) is 5.73 Å². The Hall–Kier alpha value is -3.11. The maximum atomic E-state index is 12.9. The van der Waals surface area contributed by atoms with Gasteiger partial charge in [-0.3, -0.25) is 4.79 Å². The first-order valence-corrected chi connectivity index (χ1v) is 8.61. The fraction of sp³-hybridized carbons (Fsp3) is 0.316. The molecular weight excluding hydrogens is 330 g/mol. The summed E-state index contributed by atoms with van der Waals surface area (Å²) < 4.78 is 1.78. The number of imidazole rings is 1. The summed E-state index contributed by atoms with van der Waals surface area (Å²) in [6.45, 7) is 2.48. The molecule has 1 fully saturated rings. The van der Waals surface area contributed by atoms with Gasteiger partial charge in [-0.1, -0.05) is 5.92 Å². The van der Waals surface area contributed by atoms with Crippen LogP contribution in [0.25, 0.3) is 22.4 Å². The van der Waals surface area contributed by atoms with Crippen molar-refractivity contribution in [3.05, 3.63) is 40.4 Å². The molecule has 0 bridgehead atoms. The lowest BCUT2D eigenvalue weighted by atomic mass is 9.81. The molecule has 3 aromatic heterocycles. The number of aliphatic hydroxyl groups is 1. The summed E-state index contributed by atoms with van der Waals surface area (Å²) in [5, 5.41) is 10.6. The maximum absolute atomic E-state index is 12.9. The van der Waals surface area contributed by atoms with Gasteiger partial charge < -0.3 is 20.4 Å². The van der Waals surface area contributed by atoms with Gasteiger partial charge >= 0.3 is 0 Å². The van der Waals surface area contributed by atoms with Crippen LogP contribution in [0.1, 0.15) is 31.9 Å². The lowest BCUT2D eigenvalue weighted by Gasteiger charge is -2.30. The summed E-state index contributed by atoms with van der Waals surface area (Å²) in [4.78, 5) is 24.5. The average Bonchev–Trinajstić information content (AvgIpc) is 3.13. The Bertz CT molecular complexity index is 1100. The van der Waals surface area contributed by atoms with Gasteiger partial charge in [-0.05, 0) is 44.2 Å². The molecule has 1 aliphatic carbocycles. The molecule has 3 aromatic rings. The third kappa shape index (κ3) is 2.55. The number of nitrogen functional groups attached to an aromatic ring is 1. The number of nitrogens with one attached hydrogen (secondary N) is 1. The topological polar surface area (TPSA) is 110 Å². The van der Waals surface area contributed by atoms with E-state index in [0.29, 0.717) is 53.3 Å². The normalized spacial score (nSPS) is 15.3. The zero-order valence-corrected chi connectivity index (χ0v) is 14.4. The highest BCUT2D eigenvalue weighted by Gasteiger charge is 2.32. The number of pyridine rings is 2. The Balaban J connectivity index is 1.91. The standard InChI is InChI=1S/C19H19N5O2/c1-2-24-16(20)14(17-21-10-11-22-17)15(25)13-5-4-12(23-18(13)24)6-9-19(26)7-3-8-19/h4-5,10-11,26H,2-3,7-8,20H2,1H3,(H,21,22). The number of rotatable bonds is 2. The van der Waals surface area contributed by atoms with Crippen LogP contribution in [0.15, 0.2) is 29.3 Å². The van der Waals surface area contributed by atoms with E-state index in [1.807, 2.05) is 6.92 Å². The summed E-state index contributed by atoms with van der Waals surface area (Å²) in [7, 11) is 0. The molecule has 132 valence electrons. The largest absolute Gasteiger partial charge is 0.384 e. The van der Waals surface area contributed by atoms with Crippen LogP contribution in [0.4, 0.5) is 5.82 Å². The molecule has 0 radical (unpaired) electrons. The Labute approximate surface area is 149 Å². The van der Waals surface area contributed by atoms with Crippen molar-refractivity contribution in [2.45, 2.75) is 38.3 Å². The van der Waals surface area contributed by atoms with Crippen LogP contribution in [0.3, 0.4) is 0 Å². The fourth-order valence-corrected chi connectivity index (χ4v) is 3.17. The predicted molar refractivity (Wildman–Crippen MR) is 99.3 cm³/mol. The lowest BCUT2D eigenvalue weighted by molar-refractivity contribution is 0.0239. The smallest absolute Gasteiger partial charge is 0.204 e. The van der Waals surface area contributed by atoms with E-state index < -0.39 is 5.60 Å². The van der Waals surface area contributed by atoms with Crippen molar-refractivity contribution in [3.8, 4) is 23.2 Å². The number of nitrogens with two attached hydrogens (primary N) is 1. The van der Waals surface area contributed by atoms with Gasteiger partial charge in [0, 0.05) is 18.9 Å². The van der Waals surface area contributed by atoms with Gasteiger partial charge in [-0.2, -0.15) is 0 Å². The highest BCUT2D eigenvalue weighted by Crippen LogP contribution is 2.30. The molecule has 0 aromatic carbocycles. The molecule has 4 N–H and O–H groups in total. The monoisotopic (exact) mass is 349 g/mol. The van der Waals surface area contributed by atoms with Gasteiger partial charge in [0.2, 0.25) is 5.43 Å². The number of anilines is 1. The van der Waals surface area contributed by atoms with Crippen LogP contribution in [-0.4, -0.2) is 30.2 Å². The molecule has 0 atom stereocenters. The minimum absolute atomic E-state index is 0.221. The number of aryl methyl sites for hydroxylation is 1. The SMILES string of the molecule is CCn1c(N)c(-c2ncc[nH]2)c(=O)c2ccc(C#CC3(O)CCC3)nc21. The number of hydrogen-bond acceptors (Lipinski definition) is 5. The van der Waals surface area contributed by atoms with Crippen LogP contribution in [0.2, 0.25) is 0 Å². The molecule has 0 saturated heterocycles. The summed E-state index contributed by atoms with van der Waals surface area (Å²) in [5.41, 5.74) is 6.47. The van der Waals surface area contributed by atoms with Crippen LogP contribution >= 0.6 is 0 Å². The summed E-state index contributed by atoms with van der Waals surface area (Å²) in [6, 6.07) is 3.40. The van der Waals surface area contributed by atoms with E-state index in [4.69, 9.17) is 5.73 Å². The molecule has 7 nitrogen and oxygen atoms in total. The highest BCUT2D eigenvalue weighted by atomic mass is 16.3. The van der Waals surface area contributed by atoms with Gasteiger partial charge in [0.25, 0.3) is 0 Å². The Morgan fingerprint density at radius 1 is 1.42 bits per heavy atom. The lowest BCUT2D eigenvalue weighted by Crippen LogP contribution is -2.34. The van der Waals surface area contributed by atoms with Crippen LogP contribution < -0.4 is 11.2 Å². The average molecular weight is 349 g/mol. The quantitative estimate of drug-likeness (QED) is 0.610. The van der Waals surface area contributed by atoms with Crippen molar-refractivity contribution in [3.63, 3.8) is 0 Å². The van der Waals surface area contributed by atoms with Gasteiger partial charge in [-0.25, -0.2) is 9.97 Å². The van der Waals surface area contributed by atoms with Crippen molar-refractivity contribution >= 4 is 16.9 Å². The first-order chi connectivity index (χ1) is 12.5. The van der Waals surface area contributed by atoms with Gasteiger partial charge in [-0.15, -0.1) is 0 Å². The number of hydrogen-bond donors (Lipinski definition) is 3. The van der Waals surface area contributed by atoms with Gasteiger partial charge in [0.1, 0.15) is 34.1 Å². The third-order valence-electron chi connectivity index (χ3n) is 4.80. The van der Waals surface area contributed by atoms with Crippen molar-refractivity contribution < 1.29 is 5.11 Å². The summed E-state index contributed by atoms with van der Waals surface area (Å²) >= 11 is 0. The van der Waals surface area contributed by atoms with Crippen molar-refractivity contribution in [1.82, 2.24) is 19.5 Å². The Morgan fingerprint density at radius 3 is 2.85 bits per heavy atom. The molecule has 26 heavy (non-hydrogen) atoms. The van der Waals surface area contributed by atoms with Gasteiger partial charge in [0.05, 0.1) is 5.39 Å². The van der Waals surface area contributed by atoms with E-state index >= 15 is 0 Å². The fourth-order valence-electron chi connectivity index (χ4n) is 3.17. The number of nitrogens with zero attached hydrogens (tertiary/aromatic N) is 3. The molecule has 7 heteroatoms. The minimum atomic E-state index is -0.900. The number of aromatic nitrogens is 4. The Kier molecular flexibility index (Phi) is 3.78. The van der Waals surface area contributed by atoms with E-state index in [1.165, 1.54) is 0 Å². The molecule has 1 aliphatic rings. The summed E-state index contributed by atoms with van der Waals surface area (Å²) in [6.07, 6.45) is 5.59. The van der Waals surface area contributed by atoms with Crippen molar-refractivity contribution in [2.24, 2.45) is 0 Å². The van der Waals surface area contributed by atoms with E-state index in [1.54, 1.807) is 29.1 Å². The van der Waals surface area contributed by atoms with Gasteiger partial charge in [0.15, 0.2) is 0 Å². The van der Waals surface area contributed by atoms with Crippen LogP contribution in [0, 0.1) is 11.8 Å². The Morgan fingerprint density at radius 2 is 2.23 bits per heavy atom. The molecule has 0 spiro atoms. The predicted octanol–water partition coefficient (Wildman–Crippen LogP) is 1.66. The first kappa shape index (κ1) is 16.4. The summed E-state index contributed by atoms with van der Waals surface area (Å²) in [5.74, 6) is 6.56. The molecule has 0 unspecified atom stereocenters. The number of H-pyrrole nitrogens is 1. The zero-order valence-electron chi connectivity index (χ0n) is 14.4. The second-order valence-corrected chi connectivity index (χ2v) is 6.47. The molecule has 3 heterocycles. The second-order valence-electron chi connectivity index (χ2n) is 6.47. The van der Waals surface area contributed by atoms with E-state index in [9.17, 15) is 9.90 Å². The van der Waals surface area contributed by atoms with Crippen molar-refractivity contribution in [1.29, 1.82) is 0 Å². The van der Waals surface area contributed by atoms with Crippen LogP contribution in [-0.2, 0) is 6.54 Å². The first-order valence-electron chi connectivity index (χ1n) is 8.61. The second kappa shape index (κ2) is 6.00. The number of aromatic amines is 1. The molecular formula is C19H19N5O2. The minimum Gasteiger partial charge on any atom is -0.384 e. The zero-order chi connectivity index (χ0) is 18.3. The van der Waals surface area contributed by atoms with E-state index in [0.717, 1.165) is 6.42 Å². The molecule has 0 aliphatic heterocycles. The molecule has 4 rings (SSSR count). The maximum Gasteiger partial charge on any atom is 0.204 e. The van der Waals surface area contributed by atoms with Crippen LogP contribution in [0.5, 0.6) is 0 Å². The third-order valence-corrected chi connectivity index (χ3v) is 4.80. The van der Waals surface area contributed by atoms with E-state index in [2.05, 4.69) is 26.8 Å². The number of fused-ring (bicyclic) bond motifs is 1. The van der Waals surface area contributed by atoms with E-state index in [-0.39, 0.29) is 5.43 Å².